The third-order valence-corrected chi connectivity index (χ3v) is 1.44. The minimum Gasteiger partial charge on any atom is -0.493 e. The van der Waals surface area contributed by atoms with Gasteiger partial charge in [0, 0.05) is 11.8 Å². The Kier molecular flexibility index (Phi) is 3.14. The third-order valence-electron chi connectivity index (χ3n) is 1.44. The Hall–Kier alpha value is -1.71. The van der Waals surface area contributed by atoms with Gasteiger partial charge in [0.1, 0.15) is 5.75 Å². The van der Waals surface area contributed by atoms with Gasteiger partial charge in [0.05, 0.1) is 13.0 Å². The molecule has 1 aromatic carbocycles. The molecule has 4 heteroatoms. The van der Waals surface area contributed by atoms with Crippen LogP contribution < -0.4 is 10.5 Å². The van der Waals surface area contributed by atoms with Gasteiger partial charge in [0.2, 0.25) is 0 Å². The molecule has 0 aromatic heterocycles. The van der Waals surface area contributed by atoms with Crippen molar-refractivity contribution in [2.45, 2.75) is 6.42 Å². The van der Waals surface area contributed by atoms with Gasteiger partial charge in [-0.05, 0) is 12.1 Å². The maximum atomic E-state index is 10.2. The number of nitrogens with two attached hydrogens (primary N) is 1. The number of carboxylic acid groups (broad SMARTS) is 1. The number of hydrogen-bond donors (Lipinski definition) is 2. The number of hydrogen-bond acceptors (Lipinski definition) is 3. The molecule has 0 aliphatic rings. The van der Waals surface area contributed by atoms with Crippen LogP contribution in [0.5, 0.6) is 5.75 Å². The molecule has 0 atom stereocenters. The van der Waals surface area contributed by atoms with Crippen LogP contribution in [0.3, 0.4) is 0 Å². The summed E-state index contributed by atoms with van der Waals surface area (Å²) in [5.74, 6) is -0.273. The van der Waals surface area contributed by atoms with Crippen LogP contribution in [0.2, 0.25) is 0 Å². The minimum atomic E-state index is -0.871. The number of ether oxygens (including phenoxy) is 1. The van der Waals surface area contributed by atoms with Crippen molar-refractivity contribution in [1.82, 2.24) is 0 Å². The molecule has 0 fully saturated rings. The molecule has 3 N–H and O–H groups in total. The van der Waals surface area contributed by atoms with Gasteiger partial charge in [0.25, 0.3) is 0 Å². The summed E-state index contributed by atoms with van der Waals surface area (Å²) in [7, 11) is 0. The second kappa shape index (κ2) is 4.35. The van der Waals surface area contributed by atoms with Crippen LogP contribution >= 0.6 is 0 Å². The summed E-state index contributed by atoms with van der Waals surface area (Å²) in [6, 6.07) is 6.88. The Morgan fingerprint density at radius 3 is 2.92 bits per heavy atom. The molecule has 70 valence electrons. The third kappa shape index (κ3) is 3.46. The summed E-state index contributed by atoms with van der Waals surface area (Å²) in [4.78, 5) is 10.2. The van der Waals surface area contributed by atoms with Crippen molar-refractivity contribution >= 4 is 11.7 Å². The maximum absolute atomic E-state index is 10.2. The van der Waals surface area contributed by atoms with Crippen LogP contribution in [-0.4, -0.2) is 17.7 Å². The Balaban J connectivity index is 2.41. The number of benzene rings is 1. The van der Waals surface area contributed by atoms with E-state index in [4.69, 9.17) is 15.6 Å². The van der Waals surface area contributed by atoms with Crippen LogP contribution in [-0.2, 0) is 4.79 Å². The zero-order chi connectivity index (χ0) is 9.68. The van der Waals surface area contributed by atoms with Crippen molar-refractivity contribution in [2.75, 3.05) is 12.3 Å². The van der Waals surface area contributed by atoms with Crippen LogP contribution in [0.4, 0.5) is 5.69 Å². The molecule has 0 bridgehead atoms. The highest BCUT2D eigenvalue weighted by molar-refractivity contribution is 5.66. The fourth-order valence-corrected chi connectivity index (χ4v) is 0.861. The zero-order valence-electron chi connectivity index (χ0n) is 7.06. The molecule has 1 rings (SSSR count). The predicted molar refractivity (Wildman–Crippen MR) is 48.6 cm³/mol. The first-order chi connectivity index (χ1) is 6.18. The number of aliphatic carboxylic acids is 1. The molecule has 0 aliphatic carbocycles. The Labute approximate surface area is 75.9 Å². The lowest BCUT2D eigenvalue weighted by atomic mass is 10.3. The number of carboxylic acids is 1. The Morgan fingerprint density at radius 2 is 2.31 bits per heavy atom. The van der Waals surface area contributed by atoms with Gasteiger partial charge in [-0.2, -0.15) is 0 Å². The van der Waals surface area contributed by atoms with Crippen LogP contribution in [0.15, 0.2) is 24.3 Å². The molecular formula is C9H11NO3. The molecule has 0 saturated heterocycles. The Morgan fingerprint density at radius 1 is 1.54 bits per heavy atom. The van der Waals surface area contributed by atoms with Gasteiger partial charge >= 0.3 is 5.97 Å². The van der Waals surface area contributed by atoms with E-state index < -0.39 is 5.97 Å². The first kappa shape index (κ1) is 9.38. The molecule has 0 saturated carbocycles. The van der Waals surface area contributed by atoms with Crippen molar-refractivity contribution in [3.05, 3.63) is 24.3 Å². The highest BCUT2D eigenvalue weighted by Gasteiger charge is 1.98. The van der Waals surface area contributed by atoms with E-state index in [9.17, 15) is 4.79 Å². The van der Waals surface area contributed by atoms with Crippen molar-refractivity contribution in [2.24, 2.45) is 0 Å². The molecular weight excluding hydrogens is 170 g/mol. The number of rotatable bonds is 4. The molecule has 1 aromatic rings. The van der Waals surface area contributed by atoms with E-state index in [0.717, 1.165) is 0 Å². The summed E-state index contributed by atoms with van der Waals surface area (Å²) < 4.78 is 5.14. The summed E-state index contributed by atoms with van der Waals surface area (Å²) >= 11 is 0. The molecule has 0 spiro atoms. The van der Waals surface area contributed by atoms with Crippen molar-refractivity contribution in [3.63, 3.8) is 0 Å². The van der Waals surface area contributed by atoms with Crippen LogP contribution in [0, 0.1) is 0 Å². The quantitative estimate of drug-likeness (QED) is 0.683. The smallest absolute Gasteiger partial charge is 0.306 e. The highest BCUT2D eigenvalue weighted by Crippen LogP contribution is 2.14. The first-order valence-corrected chi connectivity index (χ1v) is 3.88. The van der Waals surface area contributed by atoms with Gasteiger partial charge in [-0.1, -0.05) is 6.07 Å². The summed E-state index contributed by atoms with van der Waals surface area (Å²) in [6.07, 6.45) is -0.00516. The first-order valence-electron chi connectivity index (χ1n) is 3.88. The van der Waals surface area contributed by atoms with Gasteiger partial charge in [0.15, 0.2) is 0 Å². The van der Waals surface area contributed by atoms with E-state index in [1.807, 2.05) is 0 Å². The molecule has 0 heterocycles. The second-order valence-corrected chi connectivity index (χ2v) is 2.56. The van der Waals surface area contributed by atoms with Crippen LogP contribution in [0.1, 0.15) is 6.42 Å². The lowest BCUT2D eigenvalue weighted by Crippen LogP contribution is -2.04. The minimum absolute atomic E-state index is 0.00516. The normalized spacial score (nSPS) is 9.54. The molecule has 0 aliphatic heterocycles. The monoisotopic (exact) mass is 181 g/mol. The van der Waals surface area contributed by atoms with Crippen molar-refractivity contribution < 1.29 is 14.6 Å². The van der Waals surface area contributed by atoms with E-state index in [-0.39, 0.29) is 13.0 Å². The fraction of sp³-hybridized carbons (Fsp3) is 0.222. The van der Waals surface area contributed by atoms with E-state index in [2.05, 4.69) is 0 Å². The van der Waals surface area contributed by atoms with E-state index in [1.165, 1.54) is 0 Å². The molecule has 13 heavy (non-hydrogen) atoms. The molecule has 0 amide bonds. The van der Waals surface area contributed by atoms with Crippen molar-refractivity contribution in [3.8, 4) is 5.75 Å². The molecule has 0 radical (unpaired) electrons. The van der Waals surface area contributed by atoms with Gasteiger partial charge < -0.3 is 15.6 Å². The maximum Gasteiger partial charge on any atom is 0.306 e. The fourth-order valence-electron chi connectivity index (χ4n) is 0.861. The Bertz CT molecular complexity index is 299. The molecule has 0 unspecified atom stereocenters. The lowest BCUT2D eigenvalue weighted by Gasteiger charge is -2.04. The number of nitrogen functional groups attached to an aromatic ring is 1. The summed E-state index contributed by atoms with van der Waals surface area (Å²) in [5.41, 5.74) is 6.10. The highest BCUT2D eigenvalue weighted by atomic mass is 16.5. The molecule has 4 nitrogen and oxygen atoms in total. The van der Waals surface area contributed by atoms with Gasteiger partial charge in [-0.25, -0.2) is 0 Å². The number of carbonyl (C=O) groups is 1. The SMILES string of the molecule is Nc1cccc(OCCC(=O)O)c1. The average molecular weight is 181 g/mol. The van der Waals surface area contributed by atoms with Gasteiger partial charge in [-0.3, -0.25) is 4.79 Å². The van der Waals surface area contributed by atoms with E-state index in [1.54, 1.807) is 24.3 Å². The second-order valence-electron chi connectivity index (χ2n) is 2.56. The summed E-state index contributed by atoms with van der Waals surface area (Å²) in [5, 5.41) is 8.34. The number of anilines is 1. The lowest BCUT2D eigenvalue weighted by molar-refractivity contribution is -0.137. The van der Waals surface area contributed by atoms with Gasteiger partial charge in [-0.15, -0.1) is 0 Å². The predicted octanol–water partition coefficient (Wildman–Crippen LogP) is 1.12. The van der Waals surface area contributed by atoms with E-state index in [0.29, 0.717) is 11.4 Å². The van der Waals surface area contributed by atoms with E-state index >= 15 is 0 Å². The van der Waals surface area contributed by atoms with Crippen LogP contribution in [0.25, 0.3) is 0 Å². The summed E-state index contributed by atoms with van der Waals surface area (Å²) in [6.45, 7) is 0.165. The largest absolute Gasteiger partial charge is 0.493 e. The van der Waals surface area contributed by atoms with Crippen molar-refractivity contribution in [1.29, 1.82) is 0 Å². The topological polar surface area (TPSA) is 72.5 Å². The average Bonchev–Trinajstić information content (AvgIpc) is 2.03. The standard InChI is InChI=1S/C9H11NO3/c10-7-2-1-3-8(6-7)13-5-4-9(11)12/h1-3,6H,4-5,10H2,(H,11,12). The zero-order valence-corrected chi connectivity index (χ0v) is 7.06.